The number of rotatable bonds is 5. The fourth-order valence-electron chi connectivity index (χ4n) is 2.87. The summed E-state index contributed by atoms with van der Waals surface area (Å²) in [4.78, 5) is 28.2. The molecule has 1 amide bonds. The van der Waals surface area contributed by atoms with E-state index in [9.17, 15) is 9.59 Å². The minimum absolute atomic E-state index is 0.103. The number of benzene rings is 1. The van der Waals surface area contributed by atoms with Crippen LogP contribution in [0.15, 0.2) is 24.3 Å². The summed E-state index contributed by atoms with van der Waals surface area (Å²) in [6.45, 7) is 3.58. The fourth-order valence-corrected chi connectivity index (χ4v) is 2.87. The van der Waals surface area contributed by atoms with E-state index in [4.69, 9.17) is 14.6 Å². The van der Waals surface area contributed by atoms with Crippen LogP contribution in [0.3, 0.4) is 0 Å². The van der Waals surface area contributed by atoms with Crippen LogP contribution in [0.4, 0.5) is 0 Å². The first kappa shape index (κ1) is 16.3. The van der Waals surface area contributed by atoms with Gasteiger partial charge in [-0.1, -0.05) is 0 Å². The standard InChI is InChI=1S/C17H20N2O5/c1-2-23-12-4-3-11-7-15(18-14(11)8-12)17(22)19-5-6-24-13(10-19)9-16(20)21/h3-4,7-8,13,18H,2,5-6,9-10H2,1H3,(H,20,21)/t13-/m0/s1. The van der Waals surface area contributed by atoms with Crippen molar-refractivity contribution in [3.8, 4) is 5.75 Å². The molecule has 0 radical (unpaired) electrons. The number of carbonyl (C=O) groups is 2. The second kappa shape index (κ2) is 6.92. The monoisotopic (exact) mass is 332 g/mol. The summed E-state index contributed by atoms with van der Waals surface area (Å²) in [7, 11) is 0. The number of ether oxygens (including phenoxy) is 2. The third-order valence-electron chi connectivity index (χ3n) is 3.96. The molecule has 7 nitrogen and oxygen atoms in total. The molecule has 1 saturated heterocycles. The lowest BCUT2D eigenvalue weighted by Crippen LogP contribution is -2.46. The van der Waals surface area contributed by atoms with Gasteiger partial charge in [-0.3, -0.25) is 9.59 Å². The lowest BCUT2D eigenvalue weighted by atomic mass is 10.2. The molecule has 24 heavy (non-hydrogen) atoms. The molecule has 7 heteroatoms. The number of aromatic nitrogens is 1. The first-order chi connectivity index (χ1) is 11.6. The Bertz CT molecular complexity index is 755. The van der Waals surface area contributed by atoms with Gasteiger partial charge >= 0.3 is 5.97 Å². The molecule has 1 aliphatic rings. The average Bonchev–Trinajstić information content (AvgIpc) is 2.97. The second-order valence-corrected chi connectivity index (χ2v) is 5.71. The van der Waals surface area contributed by atoms with Crippen molar-refractivity contribution in [1.82, 2.24) is 9.88 Å². The maximum Gasteiger partial charge on any atom is 0.306 e. The molecule has 2 N–H and O–H groups in total. The summed E-state index contributed by atoms with van der Waals surface area (Å²) in [5.41, 5.74) is 1.31. The number of aliphatic carboxylic acids is 1. The van der Waals surface area contributed by atoms with E-state index >= 15 is 0 Å². The minimum Gasteiger partial charge on any atom is -0.494 e. The van der Waals surface area contributed by atoms with Crippen molar-refractivity contribution in [3.63, 3.8) is 0 Å². The van der Waals surface area contributed by atoms with Crippen molar-refractivity contribution in [2.24, 2.45) is 0 Å². The lowest BCUT2D eigenvalue weighted by Gasteiger charge is -2.32. The molecule has 1 aliphatic heterocycles. The van der Waals surface area contributed by atoms with Gasteiger partial charge in [0.1, 0.15) is 11.4 Å². The quantitative estimate of drug-likeness (QED) is 0.872. The third kappa shape index (κ3) is 3.51. The Morgan fingerprint density at radius 2 is 2.25 bits per heavy atom. The van der Waals surface area contributed by atoms with Crippen molar-refractivity contribution in [1.29, 1.82) is 0 Å². The van der Waals surface area contributed by atoms with Gasteiger partial charge in [-0.25, -0.2) is 0 Å². The number of carboxylic acids is 1. The van der Waals surface area contributed by atoms with E-state index in [1.165, 1.54) is 0 Å². The van der Waals surface area contributed by atoms with Crippen LogP contribution in [0.5, 0.6) is 5.75 Å². The summed E-state index contributed by atoms with van der Waals surface area (Å²) in [5.74, 6) is -0.329. The molecular formula is C17H20N2O5. The topological polar surface area (TPSA) is 91.9 Å². The molecule has 1 fully saturated rings. The molecule has 2 heterocycles. The molecule has 1 atom stereocenters. The number of amides is 1. The van der Waals surface area contributed by atoms with Gasteiger partial charge in [-0.15, -0.1) is 0 Å². The summed E-state index contributed by atoms with van der Waals surface area (Å²) < 4.78 is 10.9. The SMILES string of the molecule is CCOc1ccc2cc(C(=O)N3CCO[C@@H](CC(=O)O)C3)[nH]c2c1. The number of fused-ring (bicyclic) bond motifs is 1. The van der Waals surface area contributed by atoms with Crippen LogP contribution in [0.1, 0.15) is 23.8 Å². The fraction of sp³-hybridized carbons (Fsp3) is 0.412. The Labute approximate surface area is 139 Å². The van der Waals surface area contributed by atoms with Gasteiger partial charge in [0.25, 0.3) is 5.91 Å². The Hall–Kier alpha value is -2.54. The zero-order chi connectivity index (χ0) is 17.1. The Morgan fingerprint density at radius 3 is 3.00 bits per heavy atom. The zero-order valence-corrected chi connectivity index (χ0v) is 13.4. The molecule has 1 aromatic carbocycles. The second-order valence-electron chi connectivity index (χ2n) is 5.71. The van der Waals surface area contributed by atoms with Gasteiger partial charge in [0.05, 0.1) is 25.7 Å². The zero-order valence-electron chi connectivity index (χ0n) is 13.4. The van der Waals surface area contributed by atoms with Crippen molar-refractivity contribution in [2.75, 3.05) is 26.3 Å². The number of carbonyl (C=O) groups excluding carboxylic acids is 1. The minimum atomic E-state index is -0.927. The summed E-state index contributed by atoms with van der Waals surface area (Å²) in [6.07, 6.45) is -0.567. The van der Waals surface area contributed by atoms with Crippen molar-refractivity contribution < 1.29 is 24.2 Å². The Kier molecular flexibility index (Phi) is 4.71. The van der Waals surface area contributed by atoms with Gasteiger partial charge in [0, 0.05) is 30.1 Å². The molecule has 128 valence electrons. The number of H-pyrrole nitrogens is 1. The smallest absolute Gasteiger partial charge is 0.306 e. The van der Waals surface area contributed by atoms with Crippen LogP contribution in [0.25, 0.3) is 10.9 Å². The molecule has 3 rings (SSSR count). The van der Waals surface area contributed by atoms with Crippen LogP contribution >= 0.6 is 0 Å². The summed E-state index contributed by atoms with van der Waals surface area (Å²) in [6, 6.07) is 7.43. The van der Waals surface area contributed by atoms with Crippen molar-refractivity contribution in [3.05, 3.63) is 30.0 Å². The van der Waals surface area contributed by atoms with E-state index in [0.717, 1.165) is 16.7 Å². The highest BCUT2D eigenvalue weighted by atomic mass is 16.5. The van der Waals surface area contributed by atoms with Crippen LogP contribution in [0.2, 0.25) is 0 Å². The number of carboxylic acid groups (broad SMARTS) is 1. The molecule has 0 saturated carbocycles. The average molecular weight is 332 g/mol. The van der Waals surface area contributed by atoms with Gasteiger partial charge in [0.15, 0.2) is 0 Å². The van der Waals surface area contributed by atoms with E-state index in [-0.39, 0.29) is 18.9 Å². The number of nitrogens with one attached hydrogen (secondary N) is 1. The molecule has 0 aliphatic carbocycles. The number of morpholine rings is 1. The maximum atomic E-state index is 12.7. The van der Waals surface area contributed by atoms with Gasteiger partial charge in [-0.05, 0) is 25.1 Å². The summed E-state index contributed by atoms with van der Waals surface area (Å²) >= 11 is 0. The van der Waals surface area contributed by atoms with Gasteiger partial charge in [0.2, 0.25) is 0 Å². The lowest BCUT2D eigenvalue weighted by molar-refractivity contribution is -0.141. The first-order valence-corrected chi connectivity index (χ1v) is 7.95. The molecule has 1 aromatic heterocycles. The predicted molar refractivity (Wildman–Crippen MR) is 87.4 cm³/mol. The molecule has 0 unspecified atom stereocenters. The molecular weight excluding hydrogens is 312 g/mol. The van der Waals surface area contributed by atoms with E-state index in [0.29, 0.717) is 25.5 Å². The maximum absolute atomic E-state index is 12.7. The number of hydrogen-bond acceptors (Lipinski definition) is 4. The molecule has 0 bridgehead atoms. The van der Waals surface area contributed by atoms with Crippen LogP contribution in [-0.2, 0) is 9.53 Å². The first-order valence-electron chi connectivity index (χ1n) is 7.95. The highest BCUT2D eigenvalue weighted by molar-refractivity contribution is 5.98. The number of nitrogens with zero attached hydrogens (tertiary/aromatic N) is 1. The molecule has 2 aromatic rings. The van der Waals surface area contributed by atoms with E-state index in [1.54, 1.807) is 11.0 Å². The Balaban J connectivity index is 1.76. The van der Waals surface area contributed by atoms with Gasteiger partial charge < -0.3 is 24.5 Å². The molecule has 0 spiro atoms. The highest BCUT2D eigenvalue weighted by Crippen LogP contribution is 2.23. The van der Waals surface area contributed by atoms with Crippen molar-refractivity contribution >= 4 is 22.8 Å². The summed E-state index contributed by atoms with van der Waals surface area (Å²) in [5, 5.41) is 9.80. The van der Waals surface area contributed by atoms with E-state index in [2.05, 4.69) is 4.98 Å². The van der Waals surface area contributed by atoms with Crippen LogP contribution in [-0.4, -0.2) is 59.3 Å². The number of aromatic amines is 1. The Morgan fingerprint density at radius 1 is 1.42 bits per heavy atom. The predicted octanol–water partition coefficient (Wildman–Crippen LogP) is 1.88. The number of hydrogen-bond donors (Lipinski definition) is 2. The van der Waals surface area contributed by atoms with E-state index < -0.39 is 12.1 Å². The normalized spacial score (nSPS) is 17.9. The third-order valence-corrected chi connectivity index (χ3v) is 3.96. The van der Waals surface area contributed by atoms with Gasteiger partial charge in [-0.2, -0.15) is 0 Å². The highest BCUT2D eigenvalue weighted by Gasteiger charge is 2.27. The van der Waals surface area contributed by atoms with Crippen LogP contribution < -0.4 is 4.74 Å². The van der Waals surface area contributed by atoms with Crippen molar-refractivity contribution in [2.45, 2.75) is 19.4 Å². The van der Waals surface area contributed by atoms with Crippen LogP contribution in [0, 0.1) is 0 Å². The van der Waals surface area contributed by atoms with E-state index in [1.807, 2.05) is 25.1 Å². The largest absolute Gasteiger partial charge is 0.494 e.